The summed E-state index contributed by atoms with van der Waals surface area (Å²) in [5.41, 5.74) is 5.77. The number of fused-ring (bicyclic) bond motifs is 1. The summed E-state index contributed by atoms with van der Waals surface area (Å²) in [5.74, 6) is 1.13. The van der Waals surface area contributed by atoms with Gasteiger partial charge in [-0.25, -0.2) is 4.98 Å². The number of rotatable bonds is 4. The fourth-order valence-electron chi connectivity index (χ4n) is 3.53. The lowest BCUT2D eigenvalue weighted by Crippen LogP contribution is -2.34. The average molecular weight is 334 g/mol. The van der Waals surface area contributed by atoms with E-state index in [1.165, 1.54) is 11.3 Å². The molecule has 25 heavy (non-hydrogen) atoms. The van der Waals surface area contributed by atoms with Crippen molar-refractivity contribution in [2.24, 2.45) is 0 Å². The van der Waals surface area contributed by atoms with Crippen LogP contribution in [0.25, 0.3) is 0 Å². The third-order valence-corrected chi connectivity index (χ3v) is 4.75. The first-order valence-corrected chi connectivity index (χ1v) is 8.54. The van der Waals surface area contributed by atoms with Crippen molar-refractivity contribution in [1.82, 2.24) is 19.9 Å². The van der Waals surface area contributed by atoms with Crippen molar-refractivity contribution >= 4 is 0 Å². The van der Waals surface area contributed by atoms with E-state index in [-0.39, 0.29) is 5.92 Å². The molecule has 0 fully saturated rings. The van der Waals surface area contributed by atoms with E-state index in [0.29, 0.717) is 0 Å². The first-order valence-electron chi connectivity index (χ1n) is 8.54. The van der Waals surface area contributed by atoms with Gasteiger partial charge in [-0.1, -0.05) is 18.2 Å². The molecule has 2 aromatic heterocycles. The molecule has 0 amide bonds. The second-order valence-corrected chi connectivity index (χ2v) is 6.53. The maximum absolute atomic E-state index is 5.28. The summed E-state index contributed by atoms with van der Waals surface area (Å²) in [6.45, 7) is 4.68. The Morgan fingerprint density at radius 1 is 1.20 bits per heavy atom. The number of benzene rings is 1. The van der Waals surface area contributed by atoms with Gasteiger partial charge < -0.3 is 9.72 Å². The highest BCUT2D eigenvalue weighted by molar-refractivity contribution is 5.36. The average Bonchev–Trinajstić information content (AvgIpc) is 3.10. The van der Waals surface area contributed by atoms with Gasteiger partial charge in [-0.2, -0.15) is 0 Å². The number of nitrogens with one attached hydrogen (secondary N) is 1. The number of nitrogens with zero attached hydrogens (tertiary/aromatic N) is 3. The zero-order valence-electron chi connectivity index (χ0n) is 14.6. The highest BCUT2D eigenvalue weighted by atomic mass is 16.5. The second-order valence-electron chi connectivity index (χ2n) is 6.53. The molecule has 1 atom stereocenters. The number of pyridine rings is 1. The molecule has 128 valence electrons. The van der Waals surface area contributed by atoms with E-state index in [9.17, 15) is 0 Å². The van der Waals surface area contributed by atoms with Crippen LogP contribution in [0.4, 0.5) is 0 Å². The highest BCUT2D eigenvalue weighted by Crippen LogP contribution is 2.32. The molecule has 5 heteroatoms. The summed E-state index contributed by atoms with van der Waals surface area (Å²) in [4.78, 5) is 15.0. The summed E-state index contributed by atoms with van der Waals surface area (Å²) in [5, 5.41) is 0. The van der Waals surface area contributed by atoms with Gasteiger partial charge in [0.05, 0.1) is 30.5 Å². The third kappa shape index (κ3) is 3.28. The Morgan fingerprint density at radius 2 is 2.04 bits per heavy atom. The van der Waals surface area contributed by atoms with Crippen molar-refractivity contribution in [3.63, 3.8) is 0 Å². The third-order valence-electron chi connectivity index (χ3n) is 4.75. The normalized spacial score (nSPS) is 17.3. The highest BCUT2D eigenvalue weighted by Gasteiger charge is 2.29. The molecule has 0 saturated carbocycles. The van der Waals surface area contributed by atoms with Crippen LogP contribution in [0.3, 0.4) is 0 Å². The van der Waals surface area contributed by atoms with Crippen molar-refractivity contribution in [3.05, 3.63) is 77.1 Å². The molecule has 1 aliphatic rings. The lowest BCUT2D eigenvalue weighted by Gasteiger charge is -2.32. The van der Waals surface area contributed by atoms with Crippen LogP contribution in [0, 0.1) is 6.92 Å². The quantitative estimate of drug-likeness (QED) is 0.796. The zero-order chi connectivity index (χ0) is 17.2. The molecule has 3 aromatic rings. The van der Waals surface area contributed by atoms with E-state index in [2.05, 4.69) is 44.1 Å². The Balaban J connectivity index is 1.60. The van der Waals surface area contributed by atoms with Gasteiger partial charge in [-0.15, -0.1) is 0 Å². The minimum atomic E-state index is 0.255. The van der Waals surface area contributed by atoms with Crippen LogP contribution < -0.4 is 4.74 Å². The molecule has 4 rings (SSSR count). The van der Waals surface area contributed by atoms with Crippen molar-refractivity contribution in [3.8, 4) is 5.75 Å². The number of ether oxygens (including phenoxy) is 1. The molecular weight excluding hydrogens is 312 g/mol. The first kappa shape index (κ1) is 15.8. The fraction of sp³-hybridized carbons (Fsp3) is 0.300. The van der Waals surface area contributed by atoms with Gasteiger partial charge in [0.1, 0.15) is 5.75 Å². The minimum Gasteiger partial charge on any atom is -0.497 e. The number of aromatic amines is 1. The fourth-order valence-corrected chi connectivity index (χ4v) is 3.53. The van der Waals surface area contributed by atoms with E-state index < -0.39 is 0 Å². The van der Waals surface area contributed by atoms with Crippen LogP contribution in [0.15, 0.2) is 48.8 Å². The van der Waals surface area contributed by atoms with Gasteiger partial charge in [0, 0.05) is 31.2 Å². The lowest BCUT2D eigenvalue weighted by molar-refractivity contribution is 0.225. The molecule has 0 saturated heterocycles. The van der Waals surface area contributed by atoms with Crippen molar-refractivity contribution in [2.45, 2.75) is 25.9 Å². The van der Waals surface area contributed by atoms with Gasteiger partial charge in [-0.05, 0) is 36.8 Å². The summed E-state index contributed by atoms with van der Waals surface area (Å²) >= 11 is 0. The Bertz CT molecular complexity index is 856. The second kappa shape index (κ2) is 6.69. The Morgan fingerprint density at radius 3 is 2.80 bits per heavy atom. The Kier molecular flexibility index (Phi) is 4.24. The van der Waals surface area contributed by atoms with Gasteiger partial charge in [-0.3, -0.25) is 9.88 Å². The van der Waals surface area contributed by atoms with Crippen LogP contribution in [0.5, 0.6) is 5.75 Å². The van der Waals surface area contributed by atoms with Crippen molar-refractivity contribution < 1.29 is 4.74 Å². The SMILES string of the molecule is COc1ccc(C2CN(Cc3cccc(C)n3)Cc3[nH]cnc32)cc1. The number of hydrogen-bond donors (Lipinski definition) is 1. The Labute approximate surface area is 147 Å². The molecule has 1 unspecified atom stereocenters. The predicted molar refractivity (Wildman–Crippen MR) is 96.5 cm³/mol. The molecule has 0 aliphatic carbocycles. The number of imidazole rings is 1. The molecule has 1 aliphatic heterocycles. The molecular formula is C20H22N4O. The number of aryl methyl sites for hydroxylation is 1. The van der Waals surface area contributed by atoms with E-state index in [1.807, 2.05) is 25.1 Å². The number of hydrogen-bond acceptors (Lipinski definition) is 4. The van der Waals surface area contributed by atoms with Gasteiger partial charge in [0.25, 0.3) is 0 Å². The van der Waals surface area contributed by atoms with Gasteiger partial charge in [0.2, 0.25) is 0 Å². The molecule has 5 nitrogen and oxygen atoms in total. The van der Waals surface area contributed by atoms with Crippen LogP contribution in [0.2, 0.25) is 0 Å². The summed E-state index contributed by atoms with van der Waals surface area (Å²) in [6.07, 6.45) is 1.80. The first-order chi connectivity index (χ1) is 12.2. The number of methoxy groups -OCH3 is 1. The standard InChI is InChI=1S/C20H22N4O/c1-14-4-3-5-16(23-14)10-24-11-18(20-19(12-24)21-13-22-20)15-6-8-17(25-2)9-7-15/h3-9,13,18H,10-12H2,1-2H3,(H,21,22). The van der Waals surface area contributed by atoms with Crippen LogP contribution >= 0.6 is 0 Å². The monoisotopic (exact) mass is 334 g/mol. The molecule has 3 heterocycles. The lowest BCUT2D eigenvalue weighted by atomic mass is 9.91. The molecule has 0 spiro atoms. The molecule has 0 bridgehead atoms. The van der Waals surface area contributed by atoms with Gasteiger partial charge >= 0.3 is 0 Å². The molecule has 1 aromatic carbocycles. The van der Waals surface area contributed by atoms with E-state index in [4.69, 9.17) is 4.74 Å². The van der Waals surface area contributed by atoms with Crippen molar-refractivity contribution in [2.75, 3.05) is 13.7 Å². The Hall–Kier alpha value is -2.66. The smallest absolute Gasteiger partial charge is 0.118 e. The van der Waals surface area contributed by atoms with Crippen LogP contribution in [-0.4, -0.2) is 33.5 Å². The van der Waals surface area contributed by atoms with E-state index in [0.717, 1.165) is 42.5 Å². The van der Waals surface area contributed by atoms with Gasteiger partial charge in [0.15, 0.2) is 0 Å². The van der Waals surface area contributed by atoms with Crippen LogP contribution in [-0.2, 0) is 13.1 Å². The molecule has 0 radical (unpaired) electrons. The van der Waals surface area contributed by atoms with E-state index in [1.54, 1.807) is 13.4 Å². The number of aromatic nitrogens is 3. The largest absolute Gasteiger partial charge is 0.497 e. The topological polar surface area (TPSA) is 54.0 Å². The summed E-state index contributed by atoms with van der Waals surface area (Å²) in [6, 6.07) is 14.5. The summed E-state index contributed by atoms with van der Waals surface area (Å²) < 4.78 is 5.28. The summed E-state index contributed by atoms with van der Waals surface area (Å²) in [7, 11) is 1.69. The van der Waals surface area contributed by atoms with Crippen LogP contribution in [0.1, 0.15) is 34.3 Å². The number of H-pyrrole nitrogens is 1. The zero-order valence-corrected chi connectivity index (χ0v) is 14.6. The van der Waals surface area contributed by atoms with Crippen molar-refractivity contribution in [1.29, 1.82) is 0 Å². The minimum absolute atomic E-state index is 0.255. The maximum atomic E-state index is 5.28. The van der Waals surface area contributed by atoms with E-state index >= 15 is 0 Å². The molecule has 1 N–H and O–H groups in total. The predicted octanol–water partition coefficient (Wildman–Crippen LogP) is 3.27. The maximum Gasteiger partial charge on any atom is 0.118 e.